The van der Waals surface area contributed by atoms with Gasteiger partial charge in [0.25, 0.3) is 5.91 Å². The number of carbonyl (C=O) groups excluding carboxylic acids is 2. The minimum Gasteiger partial charge on any atom is -0.484 e. The molecule has 0 fully saturated rings. The van der Waals surface area contributed by atoms with Crippen molar-refractivity contribution in [2.75, 3.05) is 6.61 Å². The van der Waals surface area contributed by atoms with Gasteiger partial charge >= 0.3 is 5.97 Å². The molecule has 0 aliphatic heterocycles. The third-order valence-electron chi connectivity index (χ3n) is 4.44. The van der Waals surface area contributed by atoms with E-state index in [1.807, 2.05) is 38.1 Å². The Kier molecular flexibility index (Phi) is 7.56. The Bertz CT molecular complexity index is 1110. The summed E-state index contributed by atoms with van der Waals surface area (Å²) < 4.78 is 11.5. The predicted octanol–water partition coefficient (Wildman–Crippen LogP) is 4.81. The summed E-state index contributed by atoms with van der Waals surface area (Å²) in [5, 5.41) is 3.92. The third kappa shape index (κ3) is 6.52. The average Bonchev–Trinajstić information content (AvgIpc) is 2.76. The highest BCUT2D eigenvalue weighted by atomic mass is 79.9. The number of halogens is 1. The van der Waals surface area contributed by atoms with E-state index in [1.54, 1.807) is 42.5 Å². The van der Waals surface area contributed by atoms with Crippen molar-refractivity contribution in [2.45, 2.75) is 13.8 Å². The van der Waals surface area contributed by atoms with E-state index in [4.69, 9.17) is 9.47 Å². The number of nitrogens with one attached hydrogen (secondary N) is 1. The summed E-state index contributed by atoms with van der Waals surface area (Å²) in [7, 11) is 0. The molecule has 0 atom stereocenters. The standard InChI is InChI=1S/C24H21BrN2O4/c1-16-7-10-20(13-17(16)2)30-15-23(28)27-26-14-18-8-11-19(12-9-18)31-24(29)21-5-3-4-6-22(21)25/h3-14H,15H2,1-2H3,(H,27,28)/b26-14-. The number of amides is 1. The number of hydrazone groups is 1. The summed E-state index contributed by atoms with van der Waals surface area (Å²) in [6.45, 7) is 3.86. The number of aryl methyl sites for hydroxylation is 2. The van der Waals surface area contributed by atoms with Crippen molar-refractivity contribution < 1.29 is 19.1 Å². The van der Waals surface area contributed by atoms with E-state index < -0.39 is 5.97 Å². The van der Waals surface area contributed by atoms with Crippen LogP contribution in [0.3, 0.4) is 0 Å². The highest BCUT2D eigenvalue weighted by Gasteiger charge is 2.11. The van der Waals surface area contributed by atoms with Crippen LogP contribution in [0, 0.1) is 13.8 Å². The molecule has 0 unspecified atom stereocenters. The molecule has 0 spiro atoms. The summed E-state index contributed by atoms with van der Waals surface area (Å²) in [5.74, 6) is 0.219. The fraction of sp³-hybridized carbons (Fsp3) is 0.125. The van der Waals surface area contributed by atoms with E-state index in [9.17, 15) is 9.59 Å². The normalized spacial score (nSPS) is 10.7. The van der Waals surface area contributed by atoms with E-state index in [2.05, 4.69) is 26.5 Å². The molecule has 3 rings (SSSR count). The minimum absolute atomic E-state index is 0.135. The van der Waals surface area contributed by atoms with Gasteiger partial charge in [-0.1, -0.05) is 18.2 Å². The van der Waals surface area contributed by atoms with Crippen molar-refractivity contribution in [2.24, 2.45) is 5.10 Å². The summed E-state index contributed by atoms with van der Waals surface area (Å²) in [5.41, 5.74) is 5.85. The van der Waals surface area contributed by atoms with E-state index in [0.717, 1.165) is 16.7 Å². The van der Waals surface area contributed by atoms with Crippen LogP contribution in [0.15, 0.2) is 76.3 Å². The van der Waals surface area contributed by atoms with E-state index in [1.165, 1.54) is 6.21 Å². The van der Waals surface area contributed by atoms with Gasteiger partial charge in [0.05, 0.1) is 11.8 Å². The number of esters is 1. The fourth-order valence-electron chi connectivity index (χ4n) is 2.57. The number of benzene rings is 3. The van der Waals surface area contributed by atoms with Crippen molar-refractivity contribution in [3.8, 4) is 11.5 Å². The highest BCUT2D eigenvalue weighted by molar-refractivity contribution is 9.10. The monoisotopic (exact) mass is 480 g/mol. The van der Waals surface area contributed by atoms with Gasteiger partial charge in [0, 0.05) is 4.47 Å². The molecular formula is C24H21BrN2O4. The third-order valence-corrected chi connectivity index (χ3v) is 5.13. The molecule has 31 heavy (non-hydrogen) atoms. The lowest BCUT2D eigenvalue weighted by molar-refractivity contribution is -0.123. The zero-order valence-corrected chi connectivity index (χ0v) is 18.7. The zero-order chi connectivity index (χ0) is 22.2. The van der Waals surface area contributed by atoms with Gasteiger partial charge in [-0.15, -0.1) is 0 Å². The maximum Gasteiger partial charge on any atom is 0.344 e. The lowest BCUT2D eigenvalue weighted by atomic mass is 10.1. The van der Waals surface area contributed by atoms with Gasteiger partial charge in [0.15, 0.2) is 6.61 Å². The van der Waals surface area contributed by atoms with Crippen LogP contribution in [0.2, 0.25) is 0 Å². The van der Waals surface area contributed by atoms with Gasteiger partial charge in [0.2, 0.25) is 0 Å². The zero-order valence-electron chi connectivity index (χ0n) is 17.1. The molecule has 0 saturated heterocycles. The molecule has 0 saturated carbocycles. The van der Waals surface area contributed by atoms with Gasteiger partial charge in [-0.2, -0.15) is 5.10 Å². The van der Waals surface area contributed by atoms with E-state index in [-0.39, 0.29) is 12.5 Å². The molecule has 0 heterocycles. The second-order valence-electron chi connectivity index (χ2n) is 6.77. The number of ether oxygens (including phenoxy) is 2. The van der Waals surface area contributed by atoms with Crippen LogP contribution in [-0.4, -0.2) is 24.7 Å². The first-order valence-corrected chi connectivity index (χ1v) is 10.3. The Morgan fingerprint density at radius 3 is 2.39 bits per heavy atom. The van der Waals surface area contributed by atoms with Crippen LogP contribution in [0.25, 0.3) is 0 Å². The van der Waals surface area contributed by atoms with Crippen LogP contribution in [0.4, 0.5) is 0 Å². The molecule has 0 aromatic heterocycles. The smallest absolute Gasteiger partial charge is 0.344 e. The molecule has 0 aliphatic rings. The van der Waals surface area contributed by atoms with Crippen LogP contribution >= 0.6 is 15.9 Å². The SMILES string of the molecule is Cc1ccc(OCC(=O)N/N=C\c2ccc(OC(=O)c3ccccc3Br)cc2)cc1C. The summed E-state index contributed by atoms with van der Waals surface area (Å²) in [6, 6.07) is 19.5. The Morgan fingerprint density at radius 1 is 0.968 bits per heavy atom. The van der Waals surface area contributed by atoms with Crippen LogP contribution in [0.1, 0.15) is 27.0 Å². The lowest BCUT2D eigenvalue weighted by Crippen LogP contribution is -2.24. The number of rotatable bonds is 7. The number of hydrogen-bond acceptors (Lipinski definition) is 5. The van der Waals surface area contributed by atoms with Crippen LogP contribution in [0.5, 0.6) is 11.5 Å². The second-order valence-corrected chi connectivity index (χ2v) is 7.62. The first-order chi connectivity index (χ1) is 14.9. The fourth-order valence-corrected chi connectivity index (χ4v) is 3.02. The number of nitrogens with zero attached hydrogens (tertiary/aromatic N) is 1. The van der Waals surface area contributed by atoms with Crippen molar-refractivity contribution in [3.63, 3.8) is 0 Å². The molecule has 7 heteroatoms. The molecule has 1 amide bonds. The largest absolute Gasteiger partial charge is 0.484 e. The van der Waals surface area contributed by atoms with E-state index >= 15 is 0 Å². The molecule has 0 aliphatic carbocycles. The molecule has 0 bridgehead atoms. The lowest BCUT2D eigenvalue weighted by Gasteiger charge is -2.07. The average molecular weight is 481 g/mol. The van der Waals surface area contributed by atoms with Gasteiger partial charge in [0.1, 0.15) is 11.5 Å². The number of hydrogen-bond donors (Lipinski definition) is 1. The summed E-state index contributed by atoms with van der Waals surface area (Å²) in [6.07, 6.45) is 1.49. The van der Waals surface area contributed by atoms with Gasteiger partial charge in [-0.3, -0.25) is 4.79 Å². The Morgan fingerprint density at radius 2 is 1.68 bits per heavy atom. The first kappa shape index (κ1) is 22.2. The second kappa shape index (κ2) is 10.5. The Labute approximate surface area is 189 Å². The Balaban J connectivity index is 1.47. The molecule has 3 aromatic rings. The van der Waals surface area contributed by atoms with Crippen LogP contribution in [-0.2, 0) is 4.79 Å². The maximum absolute atomic E-state index is 12.2. The molecule has 158 valence electrons. The molecule has 1 N–H and O–H groups in total. The predicted molar refractivity (Wildman–Crippen MR) is 123 cm³/mol. The van der Waals surface area contributed by atoms with Gasteiger partial charge in [-0.25, -0.2) is 10.2 Å². The van der Waals surface area contributed by atoms with Crippen molar-refractivity contribution in [1.82, 2.24) is 5.43 Å². The quantitative estimate of drug-likeness (QED) is 0.227. The topological polar surface area (TPSA) is 77.0 Å². The molecular weight excluding hydrogens is 460 g/mol. The number of carbonyl (C=O) groups is 2. The minimum atomic E-state index is -0.454. The first-order valence-electron chi connectivity index (χ1n) is 9.51. The van der Waals surface area contributed by atoms with Crippen molar-refractivity contribution >= 4 is 34.0 Å². The van der Waals surface area contributed by atoms with E-state index in [0.29, 0.717) is 21.5 Å². The van der Waals surface area contributed by atoms with Gasteiger partial charge in [-0.05, 0) is 95.0 Å². The molecule has 6 nitrogen and oxygen atoms in total. The summed E-state index contributed by atoms with van der Waals surface area (Å²) >= 11 is 3.33. The molecule has 0 radical (unpaired) electrons. The van der Waals surface area contributed by atoms with Crippen molar-refractivity contribution in [3.05, 3.63) is 93.5 Å². The maximum atomic E-state index is 12.2. The summed E-state index contributed by atoms with van der Waals surface area (Å²) in [4.78, 5) is 24.1. The van der Waals surface area contributed by atoms with Gasteiger partial charge < -0.3 is 9.47 Å². The van der Waals surface area contributed by atoms with Crippen molar-refractivity contribution in [1.29, 1.82) is 0 Å². The molecule has 3 aromatic carbocycles. The van der Waals surface area contributed by atoms with Crippen LogP contribution < -0.4 is 14.9 Å². The highest BCUT2D eigenvalue weighted by Crippen LogP contribution is 2.19. The Hall–Kier alpha value is -3.45.